The van der Waals surface area contributed by atoms with Crippen molar-refractivity contribution in [2.24, 2.45) is 0 Å². The highest BCUT2D eigenvalue weighted by Gasteiger charge is 2.19. The van der Waals surface area contributed by atoms with Crippen molar-refractivity contribution in [1.29, 1.82) is 0 Å². The smallest absolute Gasteiger partial charge is 0.237 e. The van der Waals surface area contributed by atoms with Crippen LogP contribution in [0.5, 0.6) is 0 Å². The molecule has 1 heterocycles. The van der Waals surface area contributed by atoms with Crippen molar-refractivity contribution in [2.75, 3.05) is 5.32 Å². The molecule has 3 rings (SSSR count). The summed E-state index contributed by atoms with van der Waals surface area (Å²) in [5, 5.41) is 15.3. The lowest BCUT2D eigenvalue weighted by atomic mass is 10.3. The third-order valence-corrected chi connectivity index (χ3v) is 5.05. The molecule has 1 atom stereocenters. The molecule has 0 saturated carbocycles. The summed E-state index contributed by atoms with van der Waals surface area (Å²) in [4.78, 5) is 12.4. The Morgan fingerprint density at radius 2 is 2.04 bits per heavy atom. The summed E-state index contributed by atoms with van der Waals surface area (Å²) in [6.07, 6.45) is 0. The lowest BCUT2D eigenvalue weighted by Gasteiger charge is -2.12. The first-order chi connectivity index (χ1) is 12.0. The van der Waals surface area contributed by atoms with Crippen LogP contribution in [0.4, 0.5) is 5.69 Å². The van der Waals surface area contributed by atoms with Crippen LogP contribution in [-0.4, -0.2) is 31.4 Å². The normalized spacial score (nSPS) is 12.0. The van der Waals surface area contributed by atoms with E-state index in [4.69, 9.17) is 11.6 Å². The Balaban J connectivity index is 1.71. The molecule has 0 bridgehead atoms. The molecule has 0 aliphatic heterocycles. The topological polar surface area (TPSA) is 72.7 Å². The fourth-order valence-electron chi connectivity index (χ4n) is 2.01. The molecule has 0 fully saturated rings. The van der Waals surface area contributed by atoms with Gasteiger partial charge in [-0.1, -0.05) is 45.4 Å². The number of nitrogens with one attached hydrogen (secondary N) is 1. The van der Waals surface area contributed by atoms with Crippen LogP contribution in [0.2, 0.25) is 5.02 Å². The number of halogens is 2. The molecule has 1 aromatic heterocycles. The number of thioether (sulfide) groups is 1. The van der Waals surface area contributed by atoms with Gasteiger partial charge in [0, 0.05) is 15.2 Å². The van der Waals surface area contributed by atoms with E-state index in [1.807, 2.05) is 36.4 Å². The molecule has 3 aromatic rings. The zero-order valence-electron chi connectivity index (χ0n) is 13.1. The third kappa shape index (κ3) is 4.59. The Hall–Kier alpha value is -1.90. The fraction of sp³-hybridized carbons (Fsp3) is 0.125. The number of benzene rings is 2. The van der Waals surface area contributed by atoms with Crippen molar-refractivity contribution in [3.05, 3.63) is 58.0 Å². The molecule has 1 N–H and O–H groups in total. The molecule has 0 radical (unpaired) electrons. The molecule has 0 saturated heterocycles. The molecule has 2 aromatic carbocycles. The SMILES string of the molecule is C[C@@H](Sc1nnnn1-c1cccc(Cl)c1)C(=O)Nc1ccc(Br)cc1. The van der Waals surface area contributed by atoms with E-state index in [2.05, 4.69) is 36.8 Å². The molecule has 6 nitrogen and oxygen atoms in total. The van der Waals surface area contributed by atoms with E-state index < -0.39 is 0 Å². The number of hydrogen-bond donors (Lipinski definition) is 1. The minimum absolute atomic E-state index is 0.132. The highest BCUT2D eigenvalue weighted by atomic mass is 79.9. The number of tetrazole rings is 1. The number of amides is 1. The minimum Gasteiger partial charge on any atom is -0.325 e. The zero-order chi connectivity index (χ0) is 17.8. The Morgan fingerprint density at radius 3 is 2.76 bits per heavy atom. The summed E-state index contributed by atoms with van der Waals surface area (Å²) in [5.74, 6) is -0.132. The molecule has 0 aliphatic carbocycles. The first-order valence-electron chi connectivity index (χ1n) is 7.30. The second-order valence-electron chi connectivity index (χ2n) is 5.11. The van der Waals surface area contributed by atoms with Crippen LogP contribution < -0.4 is 5.32 Å². The van der Waals surface area contributed by atoms with Crippen LogP contribution in [-0.2, 0) is 4.79 Å². The predicted molar refractivity (Wildman–Crippen MR) is 102 cm³/mol. The van der Waals surface area contributed by atoms with Crippen molar-refractivity contribution >= 4 is 50.9 Å². The molecular weight excluding hydrogens is 426 g/mol. The first-order valence-corrected chi connectivity index (χ1v) is 9.35. The lowest BCUT2D eigenvalue weighted by Crippen LogP contribution is -2.22. The monoisotopic (exact) mass is 437 g/mol. The number of anilines is 1. The first kappa shape index (κ1) is 17.9. The second kappa shape index (κ2) is 7.99. The zero-order valence-corrected chi connectivity index (χ0v) is 16.2. The number of carbonyl (C=O) groups excluding carboxylic acids is 1. The van der Waals surface area contributed by atoms with E-state index >= 15 is 0 Å². The van der Waals surface area contributed by atoms with Crippen molar-refractivity contribution in [2.45, 2.75) is 17.3 Å². The van der Waals surface area contributed by atoms with E-state index in [1.54, 1.807) is 23.7 Å². The summed E-state index contributed by atoms with van der Waals surface area (Å²) in [6.45, 7) is 1.80. The molecule has 1 amide bonds. The highest BCUT2D eigenvalue weighted by Crippen LogP contribution is 2.25. The van der Waals surface area contributed by atoms with Gasteiger partial charge in [0.15, 0.2) is 0 Å². The average Bonchev–Trinajstić information content (AvgIpc) is 3.05. The van der Waals surface area contributed by atoms with Gasteiger partial charge in [-0.15, -0.1) is 5.10 Å². The Kier molecular flexibility index (Phi) is 5.72. The van der Waals surface area contributed by atoms with Crippen LogP contribution in [0.1, 0.15) is 6.92 Å². The molecule has 0 unspecified atom stereocenters. The van der Waals surface area contributed by atoms with Gasteiger partial charge in [-0.2, -0.15) is 4.68 Å². The number of aromatic nitrogens is 4. The van der Waals surface area contributed by atoms with E-state index in [0.717, 1.165) is 15.8 Å². The average molecular weight is 439 g/mol. The maximum atomic E-state index is 12.4. The van der Waals surface area contributed by atoms with Gasteiger partial charge in [0.05, 0.1) is 10.9 Å². The van der Waals surface area contributed by atoms with E-state index in [-0.39, 0.29) is 11.2 Å². The van der Waals surface area contributed by atoms with Crippen LogP contribution in [0, 0.1) is 0 Å². The maximum absolute atomic E-state index is 12.4. The van der Waals surface area contributed by atoms with Gasteiger partial charge < -0.3 is 5.32 Å². The Morgan fingerprint density at radius 1 is 1.28 bits per heavy atom. The van der Waals surface area contributed by atoms with E-state index in [9.17, 15) is 4.79 Å². The molecule has 0 aliphatic rings. The van der Waals surface area contributed by atoms with Gasteiger partial charge in [-0.3, -0.25) is 4.79 Å². The Bertz CT molecular complexity index is 886. The molecule has 128 valence electrons. The van der Waals surface area contributed by atoms with Crippen LogP contribution in [0.15, 0.2) is 58.2 Å². The minimum atomic E-state index is -0.382. The van der Waals surface area contributed by atoms with Gasteiger partial charge in [-0.25, -0.2) is 0 Å². The molecular formula is C16H13BrClN5OS. The van der Waals surface area contributed by atoms with E-state index in [1.165, 1.54) is 11.8 Å². The van der Waals surface area contributed by atoms with Crippen molar-refractivity contribution in [3.63, 3.8) is 0 Å². The van der Waals surface area contributed by atoms with Crippen LogP contribution in [0.25, 0.3) is 5.69 Å². The van der Waals surface area contributed by atoms with Crippen molar-refractivity contribution < 1.29 is 4.79 Å². The lowest BCUT2D eigenvalue weighted by molar-refractivity contribution is -0.115. The summed E-state index contributed by atoms with van der Waals surface area (Å²) >= 11 is 10.7. The quantitative estimate of drug-likeness (QED) is 0.605. The molecule has 25 heavy (non-hydrogen) atoms. The van der Waals surface area contributed by atoms with Gasteiger partial charge in [0.1, 0.15) is 0 Å². The summed E-state index contributed by atoms with van der Waals surface area (Å²) in [7, 11) is 0. The summed E-state index contributed by atoms with van der Waals surface area (Å²) < 4.78 is 2.51. The fourth-order valence-corrected chi connectivity index (χ4v) is 3.27. The third-order valence-electron chi connectivity index (χ3n) is 3.26. The number of hydrogen-bond acceptors (Lipinski definition) is 5. The van der Waals surface area contributed by atoms with Crippen LogP contribution in [0.3, 0.4) is 0 Å². The van der Waals surface area contributed by atoms with Crippen LogP contribution >= 0.6 is 39.3 Å². The van der Waals surface area contributed by atoms with Gasteiger partial charge in [0.2, 0.25) is 11.1 Å². The molecule has 9 heteroatoms. The van der Waals surface area contributed by atoms with Gasteiger partial charge in [-0.05, 0) is 59.8 Å². The van der Waals surface area contributed by atoms with Crippen molar-refractivity contribution in [3.8, 4) is 5.69 Å². The second-order valence-corrected chi connectivity index (χ2v) is 7.77. The standard InChI is InChI=1S/C16H13BrClN5OS/c1-10(15(24)19-13-7-5-11(17)6-8-13)25-16-20-21-22-23(16)14-4-2-3-12(18)9-14/h2-10H,1H3,(H,19,24)/t10-/m1/s1. The van der Waals surface area contributed by atoms with Crippen molar-refractivity contribution in [1.82, 2.24) is 20.2 Å². The van der Waals surface area contributed by atoms with Gasteiger partial charge >= 0.3 is 0 Å². The number of rotatable bonds is 5. The molecule has 0 spiro atoms. The number of nitrogens with zero attached hydrogens (tertiary/aromatic N) is 4. The Labute approximate surface area is 162 Å². The van der Waals surface area contributed by atoms with E-state index in [0.29, 0.717) is 10.2 Å². The number of carbonyl (C=O) groups is 1. The van der Waals surface area contributed by atoms with Gasteiger partial charge in [0.25, 0.3) is 0 Å². The highest BCUT2D eigenvalue weighted by molar-refractivity contribution is 9.10. The predicted octanol–water partition coefficient (Wildman–Crippen LogP) is 4.20. The maximum Gasteiger partial charge on any atom is 0.237 e. The summed E-state index contributed by atoms with van der Waals surface area (Å²) in [5.41, 5.74) is 1.47. The summed E-state index contributed by atoms with van der Waals surface area (Å²) in [6, 6.07) is 14.6. The largest absolute Gasteiger partial charge is 0.325 e.